The van der Waals surface area contributed by atoms with E-state index in [0.29, 0.717) is 13.2 Å². The highest BCUT2D eigenvalue weighted by molar-refractivity contribution is 8.13. The number of benzene rings is 2. The van der Waals surface area contributed by atoms with Crippen molar-refractivity contribution in [2.45, 2.75) is 18.1 Å². The first-order valence-electron chi connectivity index (χ1n) is 5.71. The minimum atomic E-state index is -3.65. The van der Waals surface area contributed by atoms with Gasteiger partial charge in [-0.2, -0.15) is 0 Å². The third-order valence-corrected chi connectivity index (χ3v) is 3.95. The van der Waals surface area contributed by atoms with Gasteiger partial charge >= 0.3 is 0 Å². The molecule has 0 unspecified atom stereocenters. The van der Waals surface area contributed by atoms with Gasteiger partial charge in [0.05, 0.1) is 18.1 Å². The number of rotatable bonds is 5. The molecule has 0 spiro atoms. The molecule has 0 aliphatic rings. The van der Waals surface area contributed by atoms with Crippen molar-refractivity contribution in [3.63, 3.8) is 0 Å². The largest absolute Gasteiger partial charge is 0.372 e. The maximum atomic E-state index is 11.1. The average molecular weight is 297 g/mol. The van der Waals surface area contributed by atoms with Crippen LogP contribution in [0.1, 0.15) is 11.1 Å². The van der Waals surface area contributed by atoms with Gasteiger partial charge in [0.1, 0.15) is 0 Å². The molecule has 0 saturated heterocycles. The Labute approximate surface area is 117 Å². The minimum Gasteiger partial charge on any atom is -0.372 e. The summed E-state index contributed by atoms with van der Waals surface area (Å²) in [5, 5.41) is 0. The molecule has 2 aromatic rings. The molecule has 0 fully saturated rings. The first-order valence-corrected chi connectivity index (χ1v) is 8.02. The van der Waals surface area contributed by atoms with Gasteiger partial charge in [0.15, 0.2) is 0 Å². The maximum absolute atomic E-state index is 11.1. The normalized spacial score (nSPS) is 11.4. The smallest absolute Gasteiger partial charge is 0.261 e. The second-order valence-corrected chi connectivity index (χ2v) is 6.63. The molecule has 0 aliphatic carbocycles. The lowest BCUT2D eigenvalue weighted by molar-refractivity contribution is 0.107. The molecule has 0 aliphatic heterocycles. The Hall–Kier alpha value is -1.36. The third kappa shape index (κ3) is 4.35. The van der Waals surface area contributed by atoms with Crippen LogP contribution in [0, 0.1) is 0 Å². The summed E-state index contributed by atoms with van der Waals surface area (Å²) in [6, 6.07) is 16.2. The first-order chi connectivity index (χ1) is 9.05. The Morgan fingerprint density at radius 3 is 1.89 bits per heavy atom. The van der Waals surface area contributed by atoms with E-state index in [-0.39, 0.29) is 4.90 Å². The highest BCUT2D eigenvalue weighted by Crippen LogP contribution is 2.16. The Kier molecular flexibility index (Phi) is 4.58. The summed E-state index contributed by atoms with van der Waals surface area (Å²) in [4.78, 5) is 0.0981. The van der Waals surface area contributed by atoms with Crippen LogP contribution in [0.25, 0.3) is 0 Å². The molecule has 0 radical (unpaired) electrons. The van der Waals surface area contributed by atoms with Gasteiger partial charge in [0.2, 0.25) is 0 Å². The van der Waals surface area contributed by atoms with E-state index < -0.39 is 9.05 Å². The van der Waals surface area contributed by atoms with Crippen LogP contribution in [-0.4, -0.2) is 8.42 Å². The Morgan fingerprint density at radius 2 is 1.37 bits per heavy atom. The van der Waals surface area contributed by atoms with E-state index in [9.17, 15) is 8.42 Å². The summed E-state index contributed by atoms with van der Waals surface area (Å²) < 4.78 is 27.7. The van der Waals surface area contributed by atoms with E-state index in [4.69, 9.17) is 15.4 Å². The van der Waals surface area contributed by atoms with Crippen molar-refractivity contribution in [3.05, 3.63) is 65.7 Å². The van der Waals surface area contributed by atoms with Crippen molar-refractivity contribution in [2.75, 3.05) is 0 Å². The molecule has 0 saturated carbocycles. The molecule has 0 amide bonds. The van der Waals surface area contributed by atoms with Crippen LogP contribution in [-0.2, 0) is 27.0 Å². The SMILES string of the molecule is O=S(=O)(Cl)c1ccc(COCc2ccccc2)cc1. The van der Waals surface area contributed by atoms with Crippen molar-refractivity contribution in [3.8, 4) is 0 Å². The Morgan fingerprint density at radius 1 is 0.842 bits per heavy atom. The molecule has 100 valence electrons. The zero-order chi connectivity index (χ0) is 13.7. The predicted octanol–water partition coefficient (Wildman–Crippen LogP) is 3.33. The Bertz CT molecular complexity index is 622. The minimum absolute atomic E-state index is 0.0981. The van der Waals surface area contributed by atoms with E-state index in [1.54, 1.807) is 12.1 Å². The molecule has 5 heteroatoms. The average Bonchev–Trinajstić information content (AvgIpc) is 2.39. The van der Waals surface area contributed by atoms with Gasteiger partial charge in [0, 0.05) is 10.7 Å². The Balaban J connectivity index is 1.90. The highest BCUT2D eigenvalue weighted by atomic mass is 35.7. The molecule has 19 heavy (non-hydrogen) atoms. The van der Waals surface area contributed by atoms with Crippen molar-refractivity contribution >= 4 is 19.7 Å². The summed E-state index contributed by atoms with van der Waals surface area (Å²) in [7, 11) is 1.58. The van der Waals surface area contributed by atoms with Crippen LogP contribution in [0.5, 0.6) is 0 Å². The highest BCUT2D eigenvalue weighted by Gasteiger charge is 2.08. The van der Waals surface area contributed by atoms with Crippen LogP contribution in [0.3, 0.4) is 0 Å². The van der Waals surface area contributed by atoms with Crippen molar-refractivity contribution in [1.82, 2.24) is 0 Å². The molecular weight excluding hydrogens is 284 g/mol. The van der Waals surface area contributed by atoms with E-state index in [1.807, 2.05) is 30.3 Å². The van der Waals surface area contributed by atoms with E-state index >= 15 is 0 Å². The lowest BCUT2D eigenvalue weighted by atomic mass is 10.2. The summed E-state index contributed by atoms with van der Waals surface area (Å²) in [6.07, 6.45) is 0. The van der Waals surface area contributed by atoms with Crippen LogP contribution in [0.2, 0.25) is 0 Å². The number of hydrogen-bond acceptors (Lipinski definition) is 3. The second kappa shape index (κ2) is 6.19. The lowest BCUT2D eigenvalue weighted by Crippen LogP contribution is -1.95. The van der Waals surface area contributed by atoms with Gasteiger partial charge in [-0.3, -0.25) is 0 Å². The molecular formula is C14H13ClO3S. The number of ether oxygens (including phenoxy) is 1. The van der Waals surface area contributed by atoms with Crippen molar-refractivity contribution < 1.29 is 13.2 Å². The standard InChI is InChI=1S/C14H13ClO3S/c15-19(16,17)14-8-6-13(7-9-14)11-18-10-12-4-2-1-3-5-12/h1-9H,10-11H2. The topological polar surface area (TPSA) is 43.4 Å². The quantitative estimate of drug-likeness (QED) is 0.795. The monoisotopic (exact) mass is 296 g/mol. The van der Waals surface area contributed by atoms with Gasteiger partial charge in [-0.1, -0.05) is 42.5 Å². The van der Waals surface area contributed by atoms with E-state index in [1.165, 1.54) is 12.1 Å². The van der Waals surface area contributed by atoms with Gasteiger partial charge in [-0.05, 0) is 23.3 Å². The van der Waals surface area contributed by atoms with Crippen molar-refractivity contribution in [1.29, 1.82) is 0 Å². The number of hydrogen-bond donors (Lipinski definition) is 0. The summed E-state index contributed by atoms with van der Waals surface area (Å²) >= 11 is 0. The third-order valence-electron chi connectivity index (χ3n) is 2.59. The molecule has 0 bridgehead atoms. The van der Waals surface area contributed by atoms with E-state index in [0.717, 1.165) is 11.1 Å². The lowest BCUT2D eigenvalue weighted by Gasteiger charge is -2.05. The fraction of sp³-hybridized carbons (Fsp3) is 0.143. The molecule has 0 atom stereocenters. The maximum Gasteiger partial charge on any atom is 0.261 e. The van der Waals surface area contributed by atoms with E-state index in [2.05, 4.69) is 0 Å². The first kappa shape index (κ1) is 14.1. The molecule has 0 heterocycles. The molecule has 0 aromatic heterocycles. The van der Waals surface area contributed by atoms with Crippen LogP contribution >= 0.6 is 10.7 Å². The zero-order valence-electron chi connectivity index (χ0n) is 10.1. The van der Waals surface area contributed by atoms with Gasteiger partial charge < -0.3 is 4.74 Å². The summed E-state index contributed by atoms with van der Waals surface area (Å²) in [5.41, 5.74) is 2.00. The van der Waals surface area contributed by atoms with Crippen LogP contribution < -0.4 is 0 Å². The second-order valence-electron chi connectivity index (χ2n) is 4.06. The zero-order valence-corrected chi connectivity index (χ0v) is 11.7. The van der Waals surface area contributed by atoms with Crippen molar-refractivity contribution in [2.24, 2.45) is 0 Å². The molecule has 0 N–H and O–H groups in total. The predicted molar refractivity (Wildman–Crippen MR) is 74.4 cm³/mol. The van der Waals surface area contributed by atoms with Gasteiger partial charge in [0.25, 0.3) is 9.05 Å². The fourth-order valence-corrected chi connectivity index (χ4v) is 2.38. The van der Waals surface area contributed by atoms with Gasteiger partial charge in [-0.15, -0.1) is 0 Å². The van der Waals surface area contributed by atoms with Crippen LogP contribution in [0.4, 0.5) is 0 Å². The molecule has 2 rings (SSSR count). The summed E-state index contributed by atoms with van der Waals surface area (Å²) in [6.45, 7) is 0.952. The molecule has 2 aromatic carbocycles. The van der Waals surface area contributed by atoms with Crippen LogP contribution in [0.15, 0.2) is 59.5 Å². The number of halogens is 1. The summed E-state index contributed by atoms with van der Waals surface area (Å²) in [5.74, 6) is 0. The van der Waals surface area contributed by atoms with Gasteiger partial charge in [-0.25, -0.2) is 8.42 Å². The molecule has 3 nitrogen and oxygen atoms in total. The fourth-order valence-electron chi connectivity index (χ4n) is 1.61.